The van der Waals surface area contributed by atoms with Crippen molar-refractivity contribution in [2.24, 2.45) is 5.73 Å². The molecule has 2 rings (SSSR count). The molecular formula is C14H17BrF2N4. The van der Waals surface area contributed by atoms with E-state index in [0.29, 0.717) is 17.8 Å². The van der Waals surface area contributed by atoms with Crippen molar-refractivity contribution in [3.63, 3.8) is 0 Å². The van der Waals surface area contributed by atoms with Gasteiger partial charge in [0.05, 0.1) is 29.0 Å². The first-order valence-electron chi connectivity index (χ1n) is 6.46. The zero-order valence-corrected chi connectivity index (χ0v) is 13.4. The molecular weight excluding hydrogens is 342 g/mol. The predicted octanol–water partition coefficient (Wildman–Crippen LogP) is 2.53. The van der Waals surface area contributed by atoms with Crippen molar-refractivity contribution >= 4 is 15.9 Å². The lowest BCUT2D eigenvalue weighted by Gasteiger charge is -2.17. The van der Waals surface area contributed by atoms with Gasteiger partial charge < -0.3 is 10.6 Å². The van der Waals surface area contributed by atoms with Gasteiger partial charge in [-0.1, -0.05) is 0 Å². The van der Waals surface area contributed by atoms with Crippen LogP contribution in [0.3, 0.4) is 0 Å². The SMILES string of the molecule is CN(C)CCn1ncc(Br)c1C(N)c1cc(F)cc(F)c1. The molecule has 0 saturated heterocycles. The molecule has 0 fully saturated rings. The number of benzene rings is 1. The standard InChI is InChI=1S/C14H17BrF2N4/c1-20(2)3-4-21-14(12(15)8-19-21)13(18)9-5-10(16)7-11(17)6-9/h5-8,13H,3-4,18H2,1-2H3. The molecule has 2 N–H and O–H groups in total. The third kappa shape index (κ3) is 3.87. The average Bonchev–Trinajstić information content (AvgIpc) is 2.75. The van der Waals surface area contributed by atoms with E-state index in [2.05, 4.69) is 21.0 Å². The van der Waals surface area contributed by atoms with Crippen LogP contribution >= 0.6 is 15.9 Å². The Labute approximate surface area is 130 Å². The van der Waals surface area contributed by atoms with E-state index in [9.17, 15) is 8.78 Å². The fourth-order valence-corrected chi connectivity index (χ4v) is 2.61. The second kappa shape index (κ2) is 6.64. The zero-order chi connectivity index (χ0) is 15.6. The molecule has 0 saturated carbocycles. The van der Waals surface area contributed by atoms with E-state index in [0.717, 1.165) is 17.1 Å². The van der Waals surface area contributed by atoms with Crippen LogP contribution in [0.25, 0.3) is 0 Å². The van der Waals surface area contributed by atoms with Crippen LogP contribution in [-0.4, -0.2) is 35.3 Å². The summed E-state index contributed by atoms with van der Waals surface area (Å²) in [5.41, 5.74) is 7.24. The third-order valence-electron chi connectivity index (χ3n) is 3.13. The van der Waals surface area contributed by atoms with Gasteiger partial charge in [0.25, 0.3) is 0 Å². The highest BCUT2D eigenvalue weighted by atomic mass is 79.9. The maximum absolute atomic E-state index is 13.3. The number of hydrogen-bond donors (Lipinski definition) is 1. The number of aromatic nitrogens is 2. The molecule has 1 heterocycles. The van der Waals surface area contributed by atoms with Crippen LogP contribution in [0.1, 0.15) is 17.3 Å². The molecule has 21 heavy (non-hydrogen) atoms. The Bertz CT molecular complexity index is 607. The van der Waals surface area contributed by atoms with Crippen LogP contribution in [0.4, 0.5) is 8.78 Å². The molecule has 1 aromatic carbocycles. The number of rotatable bonds is 5. The van der Waals surface area contributed by atoms with Gasteiger partial charge >= 0.3 is 0 Å². The molecule has 0 radical (unpaired) electrons. The molecule has 0 spiro atoms. The van der Waals surface area contributed by atoms with Gasteiger partial charge in [0, 0.05) is 12.6 Å². The van der Waals surface area contributed by atoms with E-state index < -0.39 is 17.7 Å². The monoisotopic (exact) mass is 358 g/mol. The van der Waals surface area contributed by atoms with Crippen molar-refractivity contribution in [3.05, 3.63) is 51.8 Å². The Kier molecular flexibility index (Phi) is 5.08. The number of likely N-dealkylation sites (N-methyl/N-ethyl adjacent to an activating group) is 1. The summed E-state index contributed by atoms with van der Waals surface area (Å²) < 4.78 is 29.2. The van der Waals surface area contributed by atoms with E-state index in [4.69, 9.17) is 5.73 Å². The molecule has 0 aliphatic carbocycles. The summed E-state index contributed by atoms with van der Waals surface area (Å²) in [6, 6.07) is 2.65. The summed E-state index contributed by atoms with van der Waals surface area (Å²) in [4.78, 5) is 2.02. The quantitative estimate of drug-likeness (QED) is 0.893. The first-order chi connectivity index (χ1) is 9.88. The number of halogens is 3. The largest absolute Gasteiger partial charge is 0.319 e. The highest BCUT2D eigenvalue weighted by molar-refractivity contribution is 9.10. The summed E-state index contributed by atoms with van der Waals surface area (Å²) >= 11 is 3.39. The highest BCUT2D eigenvalue weighted by Gasteiger charge is 2.19. The Morgan fingerprint density at radius 1 is 1.29 bits per heavy atom. The Morgan fingerprint density at radius 2 is 1.90 bits per heavy atom. The highest BCUT2D eigenvalue weighted by Crippen LogP contribution is 2.27. The van der Waals surface area contributed by atoms with Crippen LogP contribution in [0.2, 0.25) is 0 Å². The molecule has 114 valence electrons. The lowest BCUT2D eigenvalue weighted by atomic mass is 10.0. The molecule has 7 heteroatoms. The lowest BCUT2D eigenvalue weighted by Crippen LogP contribution is -2.23. The first-order valence-corrected chi connectivity index (χ1v) is 7.25. The molecule has 4 nitrogen and oxygen atoms in total. The van der Waals surface area contributed by atoms with Crippen molar-refractivity contribution in [2.45, 2.75) is 12.6 Å². The maximum Gasteiger partial charge on any atom is 0.126 e. The van der Waals surface area contributed by atoms with Crippen molar-refractivity contribution in [1.82, 2.24) is 14.7 Å². The Hall–Kier alpha value is -1.31. The summed E-state index contributed by atoms with van der Waals surface area (Å²) in [6.07, 6.45) is 1.64. The third-order valence-corrected chi connectivity index (χ3v) is 3.74. The summed E-state index contributed by atoms with van der Waals surface area (Å²) in [5, 5.41) is 4.25. The van der Waals surface area contributed by atoms with Crippen LogP contribution in [0, 0.1) is 11.6 Å². The molecule has 1 unspecified atom stereocenters. The van der Waals surface area contributed by atoms with Gasteiger partial charge in [0.15, 0.2) is 0 Å². The van der Waals surface area contributed by atoms with Gasteiger partial charge in [-0.05, 0) is 47.7 Å². The summed E-state index contributed by atoms with van der Waals surface area (Å²) in [7, 11) is 3.92. The number of nitrogens with two attached hydrogens (primary N) is 1. The van der Waals surface area contributed by atoms with E-state index in [1.54, 1.807) is 10.9 Å². The minimum atomic E-state index is -0.658. The lowest BCUT2D eigenvalue weighted by molar-refractivity contribution is 0.368. The second-order valence-corrected chi connectivity index (χ2v) is 5.94. The second-order valence-electron chi connectivity index (χ2n) is 5.08. The molecule has 0 aliphatic heterocycles. The van der Waals surface area contributed by atoms with Gasteiger partial charge in [-0.25, -0.2) is 8.78 Å². The first kappa shape index (κ1) is 16.1. The predicted molar refractivity (Wildman–Crippen MR) is 80.9 cm³/mol. The fourth-order valence-electron chi connectivity index (χ4n) is 2.07. The molecule has 0 amide bonds. The molecule has 0 bridgehead atoms. The van der Waals surface area contributed by atoms with Gasteiger partial charge in [-0.15, -0.1) is 0 Å². The number of nitrogens with zero attached hydrogens (tertiary/aromatic N) is 3. The van der Waals surface area contributed by atoms with Crippen molar-refractivity contribution in [3.8, 4) is 0 Å². The van der Waals surface area contributed by atoms with E-state index in [1.807, 2.05) is 19.0 Å². The topological polar surface area (TPSA) is 47.1 Å². The summed E-state index contributed by atoms with van der Waals surface area (Å²) in [5.74, 6) is -1.29. The zero-order valence-electron chi connectivity index (χ0n) is 11.9. The Balaban J connectivity index is 2.33. The minimum Gasteiger partial charge on any atom is -0.319 e. The average molecular weight is 359 g/mol. The van der Waals surface area contributed by atoms with Gasteiger partial charge in [-0.2, -0.15) is 5.10 Å². The van der Waals surface area contributed by atoms with E-state index >= 15 is 0 Å². The van der Waals surface area contributed by atoms with Gasteiger partial charge in [-0.3, -0.25) is 4.68 Å². The van der Waals surface area contributed by atoms with E-state index in [1.165, 1.54) is 12.1 Å². The molecule has 1 aromatic heterocycles. The van der Waals surface area contributed by atoms with Gasteiger partial charge in [0.1, 0.15) is 11.6 Å². The molecule has 2 aromatic rings. The minimum absolute atomic E-state index is 0.375. The normalized spacial score (nSPS) is 12.9. The summed E-state index contributed by atoms with van der Waals surface area (Å²) in [6.45, 7) is 1.42. The molecule has 1 atom stereocenters. The van der Waals surface area contributed by atoms with Gasteiger partial charge in [0.2, 0.25) is 0 Å². The van der Waals surface area contributed by atoms with Crippen LogP contribution < -0.4 is 5.73 Å². The maximum atomic E-state index is 13.3. The van der Waals surface area contributed by atoms with Crippen LogP contribution in [-0.2, 0) is 6.54 Å². The smallest absolute Gasteiger partial charge is 0.126 e. The molecule has 0 aliphatic rings. The van der Waals surface area contributed by atoms with Crippen LogP contribution in [0.5, 0.6) is 0 Å². The fraction of sp³-hybridized carbons (Fsp3) is 0.357. The van der Waals surface area contributed by atoms with Crippen molar-refractivity contribution in [1.29, 1.82) is 0 Å². The van der Waals surface area contributed by atoms with Crippen molar-refractivity contribution < 1.29 is 8.78 Å². The number of hydrogen-bond acceptors (Lipinski definition) is 3. The Morgan fingerprint density at radius 3 is 2.48 bits per heavy atom. The van der Waals surface area contributed by atoms with Crippen LogP contribution in [0.15, 0.2) is 28.9 Å². The van der Waals surface area contributed by atoms with Crippen molar-refractivity contribution in [2.75, 3.05) is 20.6 Å². The van der Waals surface area contributed by atoms with E-state index in [-0.39, 0.29) is 0 Å².